The number of aliphatic hydroxyl groups excluding tert-OH is 1. The van der Waals surface area contributed by atoms with Gasteiger partial charge in [-0.3, -0.25) is 0 Å². The van der Waals surface area contributed by atoms with Gasteiger partial charge in [0, 0.05) is 17.3 Å². The van der Waals surface area contributed by atoms with Gasteiger partial charge in [-0.15, -0.1) is 0 Å². The molecule has 0 spiro atoms. The first kappa shape index (κ1) is 12.3. The van der Waals surface area contributed by atoms with E-state index >= 15 is 0 Å². The minimum atomic E-state index is -0.823. The van der Waals surface area contributed by atoms with Crippen molar-refractivity contribution in [2.75, 3.05) is 12.8 Å². The number of benzene rings is 2. The number of nitrogen functional groups attached to an aromatic ring is 1. The van der Waals surface area contributed by atoms with Crippen molar-refractivity contribution in [3.8, 4) is 11.5 Å². The van der Waals surface area contributed by atoms with Gasteiger partial charge in [-0.1, -0.05) is 18.2 Å². The smallest absolute Gasteiger partial charge is 0.120 e. The predicted molar refractivity (Wildman–Crippen MR) is 69.6 cm³/mol. The summed E-state index contributed by atoms with van der Waals surface area (Å²) in [6.45, 7) is 0. The number of hydrogen-bond acceptors (Lipinski definition) is 4. The Bertz CT molecular complexity index is 537. The molecule has 0 amide bonds. The van der Waals surface area contributed by atoms with Crippen LogP contribution in [-0.4, -0.2) is 17.3 Å². The van der Waals surface area contributed by atoms with E-state index in [9.17, 15) is 10.2 Å². The van der Waals surface area contributed by atoms with E-state index in [-0.39, 0.29) is 5.75 Å². The third kappa shape index (κ3) is 2.38. The molecule has 4 heteroatoms. The second-order valence-corrected chi connectivity index (χ2v) is 3.99. The molecule has 4 N–H and O–H groups in total. The molecule has 0 aliphatic carbocycles. The van der Waals surface area contributed by atoms with Crippen LogP contribution in [0, 0.1) is 0 Å². The van der Waals surface area contributed by atoms with Gasteiger partial charge in [0.25, 0.3) is 0 Å². The maximum atomic E-state index is 10.2. The minimum Gasteiger partial charge on any atom is -0.508 e. The quantitative estimate of drug-likeness (QED) is 0.723. The van der Waals surface area contributed by atoms with Gasteiger partial charge in [0.2, 0.25) is 0 Å². The molecule has 2 aromatic carbocycles. The minimum absolute atomic E-state index is 0.161. The van der Waals surface area contributed by atoms with Gasteiger partial charge in [0.15, 0.2) is 0 Å². The number of phenolic OH excluding ortho intramolecular Hbond substituents is 1. The van der Waals surface area contributed by atoms with Crippen LogP contribution in [0.1, 0.15) is 17.2 Å². The molecule has 0 aliphatic heterocycles. The van der Waals surface area contributed by atoms with Crippen molar-refractivity contribution < 1.29 is 14.9 Å². The largest absolute Gasteiger partial charge is 0.508 e. The van der Waals surface area contributed by atoms with Crippen molar-refractivity contribution >= 4 is 5.69 Å². The molecule has 0 saturated carbocycles. The average Bonchev–Trinajstić information content (AvgIpc) is 2.38. The van der Waals surface area contributed by atoms with Crippen LogP contribution in [0.3, 0.4) is 0 Å². The Morgan fingerprint density at radius 3 is 2.33 bits per heavy atom. The van der Waals surface area contributed by atoms with Gasteiger partial charge in [0.05, 0.1) is 7.11 Å². The fourth-order valence-corrected chi connectivity index (χ4v) is 1.76. The van der Waals surface area contributed by atoms with Crippen molar-refractivity contribution in [3.63, 3.8) is 0 Å². The lowest BCUT2D eigenvalue weighted by Crippen LogP contribution is -2.03. The van der Waals surface area contributed by atoms with E-state index in [0.717, 1.165) is 0 Å². The zero-order chi connectivity index (χ0) is 13.1. The molecular weight excluding hydrogens is 230 g/mol. The number of anilines is 1. The normalized spacial score (nSPS) is 12.1. The number of methoxy groups -OCH3 is 1. The van der Waals surface area contributed by atoms with Crippen molar-refractivity contribution in [1.29, 1.82) is 0 Å². The third-order valence-corrected chi connectivity index (χ3v) is 2.80. The lowest BCUT2D eigenvalue weighted by atomic mass is 10.00. The highest BCUT2D eigenvalue weighted by Crippen LogP contribution is 2.30. The Kier molecular flexibility index (Phi) is 3.39. The van der Waals surface area contributed by atoms with E-state index in [2.05, 4.69) is 0 Å². The molecular formula is C14H15NO3. The van der Waals surface area contributed by atoms with Crippen LogP contribution >= 0.6 is 0 Å². The summed E-state index contributed by atoms with van der Waals surface area (Å²) in [5.74, 6) is 0.808. The van der Waals surface area contributed by atoms with Crippen molar-refractivity contribution in [3.05, 3.63) is 53.6 Å². The van der Waals surface area contributed by atoms with Gasteiger partial charge in [-0.05, 0) is 23.8 Å². The molecule has 94 valence electrons. The molecule has 0 radical (unpaired) electrons. The Morgan fingerprint density at radius 2 is 1.78 bits per heavy atom. The van der Waals surface area contributed by atoms with Crippen LogP contribution < -0.4 is 10.5 Å². The Hall–Kier alpha value is -2.20. The van der Waals surface area contributed by atoms with E-state index in [1.807, 2.05) is 0 Å². The highest BCUT2D eigenvalue weighted by molar-refractivity contribution is 5.54. The fraction of sp³-hybridized carbons (Fsp3) is 0.143. The predicted octanol–water partition coefficient (Wildman–Crippen LogP) is 2.06. The number of nitrogens with two attached hydrogens (primary N) is 1. The summed E-state index contributed by atoms with van der Waals surface area (Å²) >= 11 is 0. The fourth-order valence-electron chi connectivity index (χ4n) is 1.76. The monoisotopic (exact) mass is 245 g/mol. The van der Waals surface area contributed by atoms with E-state index in [1.165, 1.54) is 12.1 Å². The summed E-state index contributed by atoms with van der Waals surface area (Å²) in [5, 5.41) is 19.4. The summed E-state index contributed by atoms with van der Waals surface area (Å²) in [6, 6.07) is 11.5. The zero-order valence-corrected chi connectivity index (χ0v) is 10.00. The Morgan fingerprint density at radius 1 is 1.11 bits per heavy atom. The number of rotatable bonds is 3. The van der Waals surface area contributed by atoms with Gasteiger partial charge in [0.1, 0.15) is 17.6 Å². The maximum absolute atomic E-state index is 10.2. The molecule has 1 unspecified atom stereocenters. The number of ether oxygens (including phenoxy) is 1. The van der Waals surface area contributed by atoms with Crippen LogP contribution in [-0.2, 0) is 0 Å². The molecule has 1 atom stereocenters. The van der Waals surface area contributed by atoms with E-state index in [1.54, 1.807) is 37.4 Å². The summed E-state index contributed by atoms with van der Waals surface area (Å²) in [5.41, 5.74) is 7.63. The number of hydrogen-bond donors (Lipinski definition) is 3. The zero-order valence-electron chi connectivity index (χ0n) is 10.00. The van der Waals surface area contributed by atoms with Gasteiger partial charge in [-0.2, -0.15) is 0 Å². The van der Waals surface area contributed by atoms with Crippen LogP contribution in [0.15, 0.2) is 42.5 Å². The van der Waals surface area contributed by atoms with Gasteiger partial charge >= 0.3 is 0 Å². The third-order valence-electron chi connectivity index (χ3n) is 2.80. The molecule has 18 heavy (non-hydrogen) atoms. The first-order valence-corrected chi connectivity index (χ1v) is 5.52. The molecule has 0 bridgehead atoms. The lowest BCUT2D eigenvalue weighted by Gasteiger charge is -2.14. The first-order valence-electron chi connectivity index (χ1n) is 5.52. The SMILES string of the molecule is COc1ccc(C(O)c2ccc(O)cc2)c(N)c1. The lowest BCUT2D eigenvalue weighted by molar-refractivity contribution is 0.221. The maximum Gasteiger partial charge on any atom is 0.120 e. The van der Waals surface area contributed by atoms with Crippen LogP contribution in [0.5, 0.6) is 11.5 Å². The summed E-state index contributed by atoms with van der Waals surface area (Å²) < 4.78 is 5.06. The molecule has 2 rings (SSSR count). The van der Waals surface area contributed by atoms with Crippen molar-refractivity contribution in [2.45, 2.75) is 6.10 Å². The number of aliphatic hydroxyl groups is 1. The summed E-state index contributed by atoms with van der Waals surface area (Å²) in [7, 11) is 1.56. The molecule has 0 fully saturated rings. The van der Waals surface area contributed by atoms with E-state index in [0.29, 0.717) is 22.6 Å². The van der Waals surface area contributed by atoms with Crippen LogP contribution in [0.4, 0.5) is 5.69 Å². The van der Waals surface area contributed by atoms with Crippen molar-refractivity contribution in [1.82, 2.24) is 0 Å². The molecule has 4 nitrogen and oxygen atoms in total. The second kappa shape index (κ2) is 4.98. The Labute approximate surface area is 105 Å². The highest BCUT2D eigenvalue weighted by atomic mass is 16.5. The number of phenols is 1. The van der Waals surface area contributed by atoms with E-state index in [4.69, 9.17) is 10.5 Å². The summed E-state index contributed by atoms with van der Waals surface area (Å²) in [6.07, 6.45) is -0.823. The standard InChI is InChI=1S/C14H15NO3/c1-18-11-6-7-12(13(15)8-11)14(17)9-2-4-10(16)5-3-9/h2-8,14,16-17H,15H2,1H3. The molecule has 0 saturated heterocycles. The van der Waals surface area contributed by atoms with E-state index < -0.39 is 6.10 Å². The summed E-state index contributed by atoms with van der Waals surface area (Å²) in [4.78, 5) is 0. The molecule has 0 aromatic heterocycles. The molecule has 0 aliphatic rings. The second-order valence-electron chi connectivity index (χ2n) is 3.99. The molecule has 2 aromatic rings. The Balaban J connectivity index is 2.33. The van der Waals surface area contributed by atoms with Crippen LogP contribution in [0.2, 0.25) is 0 Å². The average molecular weight is 245 g/mol. The highest BCUT2D eigenvalue weighted by Gasteiger charge is 2.13. The van der Waals surface area contributed by atoms with Gasteiger partial charge < -0.3 is 20.7 Å². The number of aromatic hydroxyl groups is 1. The topological polar surface area (TPSA) is 75.7 Å². The molecule has 0 heterocycles. The van der Waals surface area contributed by atoms with Crippen molar-refractivity contribution in [2.24, 2.45) is 0 Å². The van der Waals surface area contributed by atoms with Crippen LogP contribution in [0.25, 0.3) is 0 Å². The van der Waals surface area contributed by atoms with Gasteiger partial charge in [-0.25, -0.2) is 0 Å². The first-order chi connectivity index (χ1) is 8.61.